The average molecular weight is 228 g/mol. The van der Waals surface area contributed by atoms with Crippen LogP contribution in [0.25, 0.3) is 12.2 Å². The molecule has 1 aromatic heterocycles. The van der Waals surface area contributed by atoms with Gasteiger partial charge in [-0.2, -0.15) is 0 Å². The van der Waals surface area contributed by atoms with Gasteiger partial charge >= 0.3 is 0 Å². The molecule has 2 rings (SSSR count). The summed E-state index contributed by atoms with van der Waals surface area (Å²) < 4.78 is 5.10. The molecule has 0 bridgehead atoms. The van der Waals surface area contributed by atoms with Crippen molar-refractivity contribution in [2.24, 2.45) is 0 Å². The van der Waals surface area contributed by atoms with E-state index in [4.69, 9.17) is 4.52 Å². The van der Waals surface area contributed by atoms with Gasteiger partial charge in [0.2, 0.25) is 0 Å². The topological polar surface area (TPSA) is 29.3 Å². The molecule has 0 fully saturated rings. The monoisotopic (exact) mass is 228 g/mol. The highest BCUT2D eigenvalue weighted by molar-refractivity contribution is 5.68. The van der Waals surface area contributed by atoms with Crippen molar-refractivity contribution in [1.82, 2.24) is 5.16 Å². The van der Waals surface area contributed by atoms with Crippen LogP contribution in [0.4, 0.5) is 5.69 Å². The van der Waals surface area contributed by atoms with Crippen molar-refractivity contribution in [3.63, 3.8) is 0 Å². The molecule has 0 aliphatic rings. The molecule has 0 saturated heterocycles. The maximum atomic E-state index is 5.10. The molecule has 0 aliphatic heterocycles. The largest absolute Gasteiger partial charge is 0.378 e. The third-order valence-electron chi connectivity index (χ3n) is 2.50. The van der Waals surface area contributed by atoms with Crippen LogP contribution in [0.5, 0.6) is 0 Å². The van der Waals surface area contributed by atoms with E-state index >= 15 is 0 Å². The van der Waals surface area contributed by atoms with Gasteiger partial charge in [0.05, 0.1) is 5.69 Å². The first kappa shape index (κ1) is 11.5. The highest BCUT2D eigenvalue weighted by Gasteiger charge is 1.96. The first-order chi connectivity index (χ1) is 8.15. The quantitative estimate of drug-likeness (QED) is 0.807. The van der Waals surface area contributed by atoms with E-state index in [9.17, 15) is 0 Å². The number of aryl methyl sites for hydroxylation is 1. The Kier molecular flexibility index (Phi) is 3.28. The van der Waals surface area contributed by atoms with Crippen molar-refractivity contribution in [2.45, 2.75) is 6.92 Å². The summed E-state index contributed by atoms with van der Waals surface area (Å²) in [6, 6.07) is 10.2. The van der Waals surface area contributed by atoms with Crippen LogP contribution >= 0.6 is 0 Å². The zero-order valence-electron chi connectivity index (χ0n) is 10.3. The maximum Gasteiger partial charge on any atom is 0.159 e. The van der Waals surface area contributed by atoms with E-state index in [1.54, 1.807) is 0 Å². The predicted molar refractivity (Wildman–Crippen MR) is 70.9 cm³/mol. The molecule has 0 spiro atoms. The number of benzene rings is 1. The number of anilines is 1. The lowest BCUT2D eigenvalue weighted by Gasteiger charge is -2.11. The lowest BCUT2D eigenvalue weighted by atomic mass is 10.2. The molecule has 0 aliphatic carbocycles. The van der Waals surface area contributed by atoms with Crippen LogP contribution < -0.4 is 4.90 Å². The Labute approximate surface area is 101 Å². The van der Waals surface area contributed by atoms with Crippen molar-refractivity contribution in [1.29, 1.82) is 0 Å². The van der Waals surface area contributed by atoms with Gasteiger partial charge in [0.15, 0.2) is 5.76 Å². The number of aromatic nitrogens is 1. The Balaban J connectivity index is 2.11. The second-order valence-electron chi connectivity index (χ2n) is 4.19. The van der Waals surface area contributed by atoms with E-state index in [0.29, 0.717) is 0 Å². The van der Waals surface area contributed by atoms with Crippen LogP contribution in [0.3, 0.4) is 0 Å². The normalized spacial score (nSPS) is 11.0. The summed E-state index contributed by atoms with van der Waals surface area (Å²) in [7, 11) is 4.06. The van der Waals surface area contributed by atoms with Gasteiger partial charge in [-0.1, -0.05) is 23.4 Å². The Hall–Kier alpha value is -2.03. The van der Waals surface area contributed by atoms with Gasteiger partial charge in [-0.3, -0.25) is 0 Å². The van der Waals surface area contributed by atoms with E-state index in [-0.39, 0.29) is 0 Å². The van der Waals surface area contributed by atoms with Crippen LogP contribution in [0.1, 0.15) is 17.0 Å². The number of hydrogen-bond acceptors (Lipinski definition) is 3. The van der Waals surface area contributed by atoms with E-state index in [1.165, 1.54) is 5.69 Å². The van der Waals surface area contributed by atoms with E-state index < -0.39 is 0 Å². The molecule has 0 saturated carbocycles. The summed E-state index contributed by atoms with van der Waals surface area (Å²) in [5, 5.41) is 3.83. The summed E-state index contributed by atoms with van der Waals surface area (Å²) in [6.07, 6.45) is 3.93. The molecular weight excluding hydrogens is 212 g/mol. The first-order valence-corrected chi connectivity index (χ1v) is 5.54. The van der Waals surface area contributed by atoms with Crippen LogP contribution in [-0.4, -0.2) is 19.3 Å². The molecule has 3 nitrogen and oxygen atoms in total. The number of rotatable bonds is 3. The molecule has 0 N–H and O–H groups in total. The van der Waals surface area contributed by atoms with E-state index in [0.717, 1.165) is 17.0 Å². The van der Waals surface area contributed by atoms with Gasteiger partial charge in [-0.25, -0.2) is 0 Å². The Bertz CT molecular complexity index is 509. The molecule has 3 heteroatoms. The highest BCUT2D eigenvalue weighted by Crippen LogP contribution is 2.14. The zero-order chi connectivity index (χ0) is 12.3. The van der Waals surface area contributed by atoms with Crippen LogP contribution in [0.2, 0.25) is 0 Å². The summed E-state index contributed by atoms with van der Waals surface area (Å²) >= 11 is 0. The smallest absolute Gasteiger partial charge is 0.159 e. The fourth-order valence-electron chi connectivity index (χ4n) is 1.52. The zero-order valence-corrected chi connectivity index (χ0v) is 10.3. The summed E-state index contributed by atoms with van der Waals surface area (Å²) in [5.74, 6) is 0.777. The van der Waals surface area contributed by atoms with Gasteiger partial charge in [0.25, 0.3) is 0 Å². The molecule has 0 unspecified atom stereocenters. The number of hydrogen-bond donors (Lipinski definition) is 0. The maximum absolute atomic E-state index is 5.10. The molecule has 1 aromatic carbocycles. The standard InChI is InChI=1S/C14H16N2O/c1-11-10-14(17-15-11)9-6-12-4-7-13(8-5-12)16(2)3/h4-10H,1-3H3. The molecule has 88 valence electrons. The second-order valence-corrected chi connectivity index (χ2v) is 4.19. The van der Waals surface area contributed by atoms with Gasteiger partial charge in [-0.05, 0) is 30.7 Å². The fraction of sp³-hybridized carbons (Fsp3) is 0.214. The van der Waals surface area contributed by atoms with Crippen molar-refractivity contribution in [2.75, 3.05) is 19.0 Å². The lowest BCUT2D eigenvalue weighted by Crippen LogP contribution is -2.07. The van der Waals surface area contributed by atoms with Crippen molar-refractivity contribution in [3.8, 4) is 0 Å². The van der Waals surface area contributed by atoms with Gasteiger partial charge in [0, 0.05) is 25.8 Å². The first-order valence-electron chi connectivity index (χ1n) is 5.54. The fourth-order valence-corrected chi connectivity index (χ4v) is 1.52. The van der Waals surface area contributed by atoms with Crippen LogP contribution in [0.15, 0.2) is 34.9 Å². The minimum atomic E-state index is 0.777. The van der Waals surface area contributed by atoms with Gasteiger partial charge < -0.3 is 9.42 Å². The highest BCUT2D eigenvalue weighted by atomic mass is 16.5. The average Bonchev–Trinajstić information content (AvgIpc) is 2.73. The van der Waals surface area contributed by atoms with Crippen LogP contribution in [-0.2, 0) is 0 Å². The summed E-state index contributed by atoms with van der Waals surface area (Å²) in [6.45, 7) is 1.91. The lowest BCUT2D eigenvalue weighted by molar-refractivity contribution is 0.408. The third-order valence-corrected chi connectivity index (χ3v) is 2.50. The SMILES string of the molecule is Cc1cc(C=Cc2ccc(N(C)C)cc2)on1. The van der Waals surface area contributed by atoms with Gasteiger partial charge in [-0.15, -0.1) is 0 Å². The molecule has 2 aromatic rings. The van der Waals surface area contributed by atoms with Crippen molar-refractivity contribution in [3.05, 3.63) is 47.3 Å². The predicted octanol–water partition coefficient (Wildman–Crippen LogP) is 3.22. The third kappa shape index (κ3) is 2.97. The van der Waals surface area contributed by atoms with Crippen LogP contribution in [0, 0.1) is 6.92 Å². The summed E-state index contributed by atoms with van der Waals surface area (Å²) in [4.78, 5) is 2.08. The Morgan fingerprint density at radius 2 is 1.82 bits per heavy atom. The minimum Gasteiger partial charge on any atom is -0.378 e. The van der Waals surface area contributed by atoms with E-state index in [2.05, 4.69) is 34.3 Å². The van der Waals surface area contributed by atoms with E-state index in [1.807, 2.05) is 39.2 Å². The minimum absolute atomic E-state index is 0.777. The molecule has 0 radical (unpaired) electrons. The molecular formula is C14H16N2O. The molecule has 0 amide bonds. The second kappa shape index (κ2) is 4.87. The summed E-state index contributed by atoms with van der Waals surface area (Å²) in [5.41, 5.74) is 3.23. The van der Waals surface area contributed by atoms with Gasteiger partial charge in [0.1, 0.15) is 0 Å². The molecule has 0 atom stereocenters. The number of nitrogens with zero attached hydrogens (tertiary/aromatic N) is 2. The Morgan fingerprint density at radius 3 is 2.35 bits per heavy atom. The van der Waals surface area contributed by atoms with Crippen molar-refractivity contribution >= 4 is 17.8 Å². The molecule has 1 heterocycles. The molecule has 17 heavy (non-hydrogen) atoms. The Morgan fingerprint density at radius 1 is 1.12 bits per heavy atom. The van der Waals surface area contributed by atoms with Crippen molar-refractivity contribution < 1.29 is 4.52 Å².